The molecule has 0 N–H and O–H groups in total. The summed E-state index contributed by atoms with van der Waals surface area (Å²) in [5, 5.41) is 0. The molecular weight excluding hydrogens is 152 g/mol. The van der Waals surface area contributed by atoms with Gasteiger partial charge in [-0.1, -0.05) is 0 Å². The van der Waals surface area contributed by atoms with E-state index in [1.165, 1.54) is 0 Å². The molecule has 1 aliphatic rings. The fraction of sp³-hybridized carbons (Fsp3) is 0.556. The van der Waals surface area contributed by atoms with E-state index in [4.69, 9.17) is 0 Å². The van der Waals surface area contributed by atoms with E-state index < -0.39 is 0 Å². The molecule has 12 heavy (non-hydrogen) atoms. The third kappa shape index (κ3) is 1.26. The quantitative estimate of drug-likeness (QED) is 0.634. The van der Waals surface area contributed by atoms with Crippen molar-refractivity contribution in [1.82, 2.24) is 9.55 Å². The first-order chi connectivity index (χ1) is 5.81. The van der Waals surface area contributed by atoms with Crippen molar-refractivity contribution in [2.75, 3.05) is 0 Å². The molecule has 0 saturated heterocycles. The predicted octanol–water partition coefficient (Wildman–Crippen LogP) is 1.50. The molecule has 0 unspecified atom stereocenters. The predicted molar refractivity (Wildman–Crippen MR) is 45.0 cm³/mol. The highest BCUT2D eigenvalue weighted by Gasteiger charge is 2.31. The Balaban J connectivity index is 2.16. The van der Waals surface area contributed by atoms with Crippen molar-refractivity contribution in [3.05, 3.63) is 18.2 Å². The summed E-state index contributed by atoms with van der Waals surface area (Å²) in [7, 11) is 0. The number of carbonyl (C=O) groups excluding carboxylic acids is 1. The molecule has 64 valence electrons. The van der Waals surface area contributed by atoms with Gasteiger partial charge in [0.15, 0.2) is 5.78 Å². The first-order valence-electron chi connectivity index (χ1n) is 4.37. The SMILES string of the molecule is CCn1cnc(C(=O)C2CC2)c1. The summed E-state index contributed by atoms with van der Waals surface area (Å²) in [6, 6.07) is 0. The molecule has 1 fully saturated rings. The molecule has 0 atom stereocenters. The topological polar surface area (TPSA) is 34.9 Å². The van der Waals surface area contributed by atoms with Crippen LogP contribution in [0.5, 0.6) is 0 Å². The standard InChI is InChI=1S/C9H12N2O/c1-2-11-5-8(10-6-11)9(12)7-3-4-7/h5-7H,2-4H2,1H3. The number of aromatic nitrogens is 2. The molecule has 1 aliphatic carbocycles. The summed E-state index contributed by atoms with van der Waals surface area (Å²) in [4.78, 5) is 15.5. The van der Waals surface area contributed by atoms with Crippen LogP contribution in [0.15, 0.2) is 12.5 Å². The van der Waals surface area contributed by atoms with Gasteiger partial charge in [-0.3, -0.25) is 4.79 Å². The van der Waals surface area contributed by atoms with E-state index in [1.54, 1.807) is 6.33 Å². The Morgan fingerprint density at radius 2 is 2.50 bits per heavy atom. The summed E-state index contributed by atoms with van der Waals surface area (Å²) in [6.45, 7) is 2.91. The van der Waals surface area contributed by atoms with Crippen molar-refractivity contribution in [3.63, 3.8) is 0 Å². The molecule has 3 heteroatoms. The van der Waals surface area contributed by atoms with Gasteiger partial charge in [-0.2, -0.15) is 0 Å². The van der Waals surface area contributed by atoms with Crippen molar-refractivity contribution in [2.24, 2.45) is 5.92 Å². The third-order valence-electron chi connectivity index (χ3n) is 2.20. The monoisotopic (exact) mass is 164 g/mol. The Morgan fingerprint density at radius 1 is 1.75 bits per heavy atom. The van der Waals surface area contributed by atoms with Crippen molar-refractivity contribution in [2.45, 2.75) is 26.3 Å². The highest BCUT2D eigenvalue weighted by Crippen LogP contribution is 2.31. The number of aryl methyl sites for hydroxylation is 1. The Kier molecular flexibility index (Phi) is 1.71. The molecule has 0 spiro atoms. The Bertz CT molecular complexity index is 299. The van der Waals surface area contributed by atoms with E-state index in [-0.39, 0.29) is 11.7 Å². The van der Waals surface area contributed by atoms with Crippen molar-refractivity contribution >= 4 is 5.78 Å². The number of carbonyl (C=O) groups is 1. The zero-order chi connectivity index (χ0) is 8.55. The summed E-state index contributed by atoms with van der Waals surface area (Å²) in [5.74, 6) is 0.507. The van der Waals surface area contributed by atoms with Crippen molar-refractivity contribution < 1.29 is 4.79 Å². The molecule has 0 radical (unpaired) electrons. The van der Waals surface area contributed by atoms with Crippen molar-refractivity contribution in [1.29, 1.82) is 0 Å². The lowest BCUT2D eigenvalue weighted by atomic mass is 10.2. The summed E-state index contributed by atoms with van der Waals surface area (Å²) in [6.07, 6.45) is 5.66. The molecule has 0 aromatic carbocycles. The van der Waals surface area contributed by atoms with Crippen LogP contribution < -0.4 is 0 Å². The van der Waals surface area contributed by atoms with Gasteiger partial charge in [-0.25, -0.2) is 4.98 Å². The van der Waals surface area contributed by atoms with Gasteiger partial charge in [0.2, 0.25) is 0 Å². The van der Waals surface area contributed by atoms with Crippen LogP contribution in [-0.2, 0) is 6.54 Å². The van der Waals surface area contributed by atoms with Crippen LogP contribution in [-0.4, -0.2) is 15.3 Å². The van der Waals surface area contributed by atoms with Crippen molar-refractivity contribution in [3.8, 4) is 0 Å². The molecule has 0 aliphatic heterocycles. The third-order valence-corrected chi connectivity index (χ3v) is 2.20. The van der Waals surface area contributed by atoms with E-state index in [2.05, 4.69) is 4.98 Å². The van der Waals surface area contributed by atoms with Gasteiger partial charge in [0.05, 0.1) is 6.33 Å². The number of Topliss-reactive ketones (excluding diaryl/α,β-unsaturated/α-hetero) is 1. The summed E-state index contributed by atoms with van der Waals surface area (Å²) >= 11 is 0. The number of imidazole rings is 1. The minimum absolute atomic E-state index is 0.224. The highest BCUT2D eigenvalue weighted by molar-refractivity contribution is 5.97. The molecule has 2 rings (SSSR count). The highest BCUT2D eigenvalue weighted by atomic mass is 16.1. The van der Waals surface area contributed by atoms with Gasteiger partial charge in [0.25, 0.3) is 0 Å². The normalized spacial score (nSPS) is 16.4. The van der Waals surface area contributed by atoms with Gasteiger partial charge < -0.3 is 4.57 Å². The van der Waals surface area contributed by atoms with Gasteiger partial charge in [-0.15, -0.1) is 0 Å². The largest absolute Gasteiger partial charge is 0.337 e. The Hall–Kier alpha value is -1.12. The van der Waals surface area contributed by atoms with Gasteiger partial charge in [-0.05, 0) is 19.8 Å². The maximum atomic E-state index is 11.5. The number of nitrogens with zero attached hydrogens (tertiary/aromatic N) is 2. The molecule has 1 aromatic heterocycles. The lowest BCUT2D eigenvalue weighted by molar-refractivity contribution is 0.0963. The second-order valence-electron chi connectivity index (χ2n) is 3.23. The van der Waals surface area contributed by atoms with Crippen LogP contribution in [0, 0.1) is 5.92 Å². The maximum Gasteiger partial charge on any atom is 0.185 e. The van der Waals surface area contributed by atoms with E-state index in [1.807, 2.05) is 17.7 Å². The molecule has 1 saturated carbocycles. The zero-order valence-corrected chi connectivity index (χ0v) is 7.16. The summed E-state index contributed by atoms with van der Waals surface area (Å²) < 4.78 is 1.93. The molecule has 3 nitrogen and oxygen atoms in total. The number of hydrogen-bond acceptors (Lipinski definition) is 2. The number of rotatable bonds is 3. The first kappa shape index (κ1) is 7.53. The molecule has 1 aromatic rings. The average Bonchev–Trinajstić information content (AvgIpc) is 2.82. The minimum Gasteiger partial charge on any atom is -0.337 e. The van der Waals surface area contributed by atoms with Crippen LogP contribution >= 0.6 is 0 Å². The van der Waals surface area contributed by atoms with Crippen LogP contribution in [0.3, 0.4) is 0 Å². The molecule has 1 heterocycles. The second-order valence-corrected chi connectivity index (χ2v) is 3.23. The van der Waals surface area contributed by atoms with Gasteiger partial charge >= 0.3 is 0 Å². The maximum absolute atomic E-state index is 11.5. The van der Waals surface area contributed by atoms with E-state index in [9.17, 15) is 4.79 Å². The summed E-state index contributed by atoms with van der Waals surface area (Å²) in [5.41, 5.74) is 0.638. The van der Waals surface area contributed by atoms with Gasteiger partial charge in [0.1, 0.15) is 5.69 Å². The van der Waals surface area contributed by atoms with Crippen LogP contribution in [0.25, 0.3) is 0 Å². The first-order valence-corrected chi connectivity index (χ1v) is 4.37. The van der Waals surface area contributed by atoms with E-state index in [0.29, 0.717) is 5.69 Å². The lowest BCUT2D eigenvalue weighted by Gasteiger charge is -1.91. The Morgan fingerprint density at radius 3 is 3.00 bits per heavy atom. The van der Waals surface area contributed by atoms with Gasteiger partial charge in [0, 0.05) is 18.7 Å². The number of hydrogen-bond donors (Lipinski definition) is 0. The zero-order valence-electron chi connectivity index (χ0n) is 7.16. The van der Waals surface area contributed by atoms with E-state index >= 15 is 0 Å². The average molecular weight is 164 g/mol. The molecule has 0 amide bonds. The smallest absolute Gasteiger partial charge is 0.185 e. The van der Waals surface area contributed by atoms with E-state index in [0.717, 1.165) is 19.4 Å². The van der Waals surface area contributed by atoms with Crippen LogP contribution in [0.2, 0.25) is 0 Å². The lowest BCUT2D eigenvalue weighted by Crippen LogP contribution is -2.01. The fourth-order valence-electron chi connectivity index (χ4n) is 1.21. The van der Waals surface area contributed by atoms with Crippen LogP contribution in [0.1, 0.15) is 30.3 Å². The van der Waals surface area contributed by atoms with Crippen LogP contribution in [0.4, 0.5) is 0 Å². The number of ketones is 1. The molecule has 0 bridgehead atoms. The fourth-order valence-corrected chi connectivity index (χ4v) is 1.21. The second kappa shape index (κ2) is 2.73. The minimum atomic E-state index is 0.224. The Labute approximate surface area is 71.4 Å². The molecular formula is C9H12N2O.